The second-order valence-electron chi connectivity index (χ2n) is 10.6. The summed E-state index contributed by atoms with van der Waals surface area (Å²) in [5, 5.41) is 5.85. The van der Waals surface area contributed by atoms with Gasteiger partial charge in [0.15, 0.2) is 0 Å². The van der Waals surface area contributed by atoms with E-state index >= 15 is 0 Å². The second kappa shape index (κ2) is 16.4. The van der Waals surface area contributed by atoms with Crippen molar-refractivity contribution in [2.75, 3.05) is 7.11 Å². The molecule has 0 bridgehead atoms. The highest BCUT2D eigenvalue weighted by molar-refractivity contribution is 5.97. The summed E-state index contributed by atoms with van der Waals surface area (Å²) in [6.07, 6.45) is 10.5. The van der Waals surface area contributed by atoms with Gasteiger partial charge in [-0.2, -0.15) is 5.10 Å². The summed E-state index contributed by atoms with van der Waals surface area (Å²) in [6.45, 7) is 16.9. The highest BCUT2D eigenvalue weighted by Crippen LogP contribution is 2.40. The third-order valence-electron chi connectivity index (χ3n) is 6.62. The molecule has 5 nitrogen and oxygen atoms in total. The Morgan fingerprint density at radius 2 is 1.73 bits per heavy atom. The van der Waals surface area contributed by atoms with Crippen molar-refractivity contribution in [1.82, 2.24) is 5.01 Å². The molecule has 0 saturated heterocycles. The predicted octanol–water partition coefficient (Wildman–Crippen LogP) is 9.01. The maximum absolute atomic E-state index is 12.6. The van der Waals surface area contributed by atoms with Crippen LogP contribution in [-0.2, 0) is 0 Å². The normalized spacial score (nSPS) is 17.1. The van der Waals surface area contributed by atoms with E-state index in [0.717, 1.165) is 5.56 Å². The van der Waals surface area contributed by atoms with Gasteiger partial charge in [0.1, 0.15) is 11.4 Å². The van der Waals surface area contributed by atoms with Gasteiger partial charge in [-0.05, 0) is 36.7 Å². The van der Waals surface area contributed by atoms with Gasteiger partial charge >= 0.3 is 0 Å². The van der Waals surface area contributed by atoms with E-state index in [-0.39, 0.29) is 12.8 Å². The fourth-order valence-electron chi connectivity index (χ4n) is 4.18. The first-order valence-corrected chi connectivity index (χ1v) is 13.9. The van der Waals surface area contributed by atoms with Crippen LogP contribution in [0.1, 0.15) is 105 Å². The average molecular weight is 521 g/mol. The van der Waals surface area contributed by atoms with Crippen molar-refractivity contribution in [3.8, 4) is 5.75 Å². The number of guanidine groups is 1. The maximum Gasteiger partial charge on any atom is 0.248 e. The number of alkyl halides is 2. The van der Waals surface area contributed by atoms with Crippen molar-refractivity contribution in [2.45, 2.75) is 105 Å². The number of nitrogens with two attached hydrogens (primary N) is 1. The largest absolute Gasteiger partial charge is 0.494 e. The van der Waals surface area contributed by atoms with Crippen molar-refractivity contribution in [3.05, 3.63) is 30.3 Å². The van der Waals surface area contributed by atoms with E-state index in [0.29, 0.717) is 53.7 Å². The number of fused-ring (bicyclic) bond motifs is 1. The van der Waals surface area contributed by atoms with Crippen LogP contribution in [0.5, 0.6) is 5.75 Å². The van der Waals surface area contributed by atoms with Gasteiger partial charge in [0, 0.05) is 24.6 Å². The molecule has 0 radical (unpaired) electrons. The summed E-state index contributed by atoms with van der Waals surface area (Å²) in [5.41, 5.74) is 8.20. The molecule has 3 rings (SSSR count). The number of nitrogens with zero attached hydrogens (tertiary/aromatic N) is 3. The highest BCUT2D eigenvalue weighted by atomic mass is 19.3. The third-order valence-corrected chi connectivity index (χ3v) is 6.62. The molecule has 1 aliphatic carbocycles. The first kappa shape index (κ1) is 32.6. The molecule has 0 spiro atoms. The molecule has 210 valence electrons. The molecule has 37 heavy (non-hydrogen) atoms. The number of aliphatic imine (C=N–C) groups is 1. The van der Waals surface area contributed by atoms with Gasteiger partial charge < -0.3 is 10.5 Å². The topological polar surface area (TPSA) is 63.2 Å². The SMILES string of the molecule is C=C1c2cccc(OC)c2N=C(N)N1/N=C\C(C)C.CC(C)C1CCC(F)(F)CC1.CCCCCCC. The summed E-state index contributed by atoms with van der Waals surface area (Å²) in [5.74, 6) is 0.0480. The van der Waals surface area contributed by atoms with E-state index in [2.05, 4.69) is 44.4 Å². The number of rotatable bonds is 8. The lowest BCUT2D eigenvalue weighted by atomic mass is 9.80. The van der Waals surface area contributed by atoms with E-state index in [1.165, 1.54) is 32.1 Å². The lowest BCUT2D eigenvalue weighted by Gasteiger charge is -2.30. The van der Waals surface area contributed by atoms with Gasteiger partial charge in [0.25, 0.3) is 0 Å². The van der Waals surface area contributed by atoms with Gasteiger partial charge in [0.2, 0.25) is 11.9 Å². The van der Waals surface area contributed by atoms with E-state index in [4.69, 9.17) is 10.5 Å². The number of halogens is 2. The van der Waals surface area contributed by atoms with E-state index in [1.807, 2.05) is 32.0 Å². The Labute approximate surface area is 224 Å². The predicted molar refractivity (Wildman–Crippen MR) is 155 cm³/mol. The van der Waals surface area contributed by atoms with E-state index in [9.17, 15) is 8.78 Å². The maximum atomic E-state index is 12.6. The van der Waals surface area contributed by atoms with Gasteiger partial charge in [-0.15, -0.1) is 0 Å². The van der Waals surface area contributed by atoms with Crippen molar-refractivity contribution in [3.63, 3.8) is 0 Å². The lowest BCUT2D eigenvalue weighted by molar-refractivity contribution is -0.0504. The van der Waals surface area contributed by atoms with Crippen LogP contribution in [0.2, 0.25) is 0 Å². The minimum Gasteiger partial charge on any atom is -0.494 e. The van der Waals surface area contributed by atoms with Gasteiger partial charge in [0.05, 0.1) is 12.8 Å². The van der Waals surface area contributed by atoms with E-state index in [1.54, 1.807) is 18.3 Å². The Balaban J connectivity index is 0.000000321. The molecule has 1 aromatic carbocycles. The Morgan fingerprint density at radius 1 is 1.14 bits per heavy atom. The summed E-state index contributed by atoms with van der Waals surface area (Å²) >= 11 is 0. The zero-order chi connectivity index (χ0) is 28.0. The molecule has 1 fully saturated rings. The summed E-state index contributed by atoms with van der Waals surface area (Å²) < 4.78 is 30.6. The minimum absolute atomic E-state index is 0.107. The first-order chi connectivity index (χ1) is 17.5. The van der Waals surface area contributed by atoms with Gasteiger partial charge in [-0.1, -0.05) is 92.4 Å². The quantitative estimate of drug-likeness (QED) is 0.275. The molecule has 1 aromatic rings. The number of unbranched alkanes of at least 4 members (excludes halogenated alkanes) is 4. The molecule has 0 atom stereocenters. The molecule has 2 aliphatic rings. The minimum atomic E-state index is -2.36. The van der Waals surface area contributed by atoms with Crippen molar-refractivity contribution < 1.29 is 13.5 Å². The molecule has 0 aromatic heterocycles. The smallest absolute Gasteiger partial charge is 0.248 e. The third kappa shape index (κ3) is 11.2. The van der Waals surface area contributed by atoms with Crippen molar-refractivity contribution in [1.29, 1.82) is 0 Å². The summed E-state index contributed by atoms with van der Waals surface area (Å²) in [6, 6.07) is 5.66. The fraction of sp³-hybridized carbons (Fsp3) is 0.667. The van der Waals surface area contributed by atoms with Crippen LogP contribution in [0, 0.1) is 17.8 Å². The number of methoxy groups -OCH3 is 1. The Kier molecular flexibility index (Phi) is 14.5. The summed E-state index contributed by atoms with van der Waals surface area (Å²) in [4.78, 5) is 4.35. The lowest BCUT2D eigenvalue weighted by Crippen LogP contribution is -2.33. The van der Waals surface area contributed by atoms with Crippen LogP contribution < -0.4 is 10.5 Å². The second-order valence-corrected chi connectivity index (χ2v) is 10.6. The van der Waals surface area contributed by atoms with Gasteiger partial charge in [-0.3, -0.25) is 0 Å². The number of hydrogen-bond acceptors (Lipinski definition) is 5. The molecule has 0 amide bonds. The van der Waals surface area contributed by atoms with Gasteiger partial charge in [-0.25, -0.2) is 18.8 Å². The molecule has 1 saturated carbocycles. The standard InChI is InChI=1S/C14H18N4O.C9H16F2.C7H16/c1-9(2)8-16-18-10(3)11-6-5-7-12(19-4)13(11)17-14(18)15;1-7(2)8-3-5-9(10,11)6-4-8;1-3-5-7-6-4-2/h5-9H,3H2,1-2,4H3,(H2,15,17);7-8H,3-6H2,1-2H3;3-7H2,1-2H3/b16-8-;;. The summed E-state index contributed by atoms with van der Waals surface area (Å²) in [7, 11) is 1.60. The number of para-hydroxylation sites is 1. The number of ether oxygens (including phenoxy) is 1. The van der Waals surface area contributed by atoms with Crippen LogP contribution in [0.4, 0.5) is 14.5 Å². The van der Waals surface area contributed by atoms with Crippen LogP contribution in [0.3, 0.4) is 0 Å². The zero-order valence-corrected chi connectivity index (χ0v) is 24.2. The monoisotopic (exact) mass is 520 g/mol. The Morgan fingerprint density at radius 3 is 2.22 bits per heavy atom. The highest BCUT2D eigenvalue weighted by Gasteiger charge is 2.35. The molecule has 0 unspecified atom stereocenters. The molecule has 1 aliphatic heterocycles. The number of hydrogen-bond donors (Lipinski definition) is 1. The average Bonchev–Trinajstić information content (AvgIpc) is 2.84. The number of hydrazone groups is 1. The van der Waals surface area contributed by atoms with Crippen LogP contribution in [-0.4, -0.2) is 30.2 Å². The molecular weight excluding hydrogens is 470 g/mol. The number of benzene rings is 1. The molecular formula is C30H50F2N4O. The Bertz CT molecular complexity index is 866. The van der Waals surface area contributed by atoms with Crippen molar-refractivity contribution in [2.24, 2.45) is 33.6 Å². The zero-order valence-electron chi connectivity index (χ0n) is 24.2. The molecule has 7 heteroatoms. The Hall–Kier alpha value is -2.44. The van der Waals surface area contributed by atoms with Crippen LogP contribution in [0.15, 0.2) is 34.9 Å². The fourth-order valence-corrected chi connectivity index (χ4v) is 4.18. The van der Waals surface area contributed by atoms with E-state index < -0.39 is 5.92 Å². The van der Waals surface area contributed by atoms with Crippen molar-refractivity contribution >= 4 is 23.6 Å². The van der Waals surface area contributed by atoms with Crippen LogP contribution in [0.25, 0.3) is 5.70 Å². The van der Waals surface area contributed by atoms with Crippen LogP contribution >= 0.6 is 0 Å². The molecule has 1 heterocycles. The molecule has 2 N–H and O–H groups in total. The first-order valence-electron chi connectivity index (χ1n) is 13.9.